The summed E-state index contributed by atoms with van der Waals surface area (Å²) in [7, 11) is 0. The van der Waals surface area contributed by atoms with Gasteiger partial charge in [-0.3, -0.25) is 0 Å². The van der Waals surface area contributed by atoms with E-state index >= 15 is 0 Å². The van der Waals surface area contributed by atoms with E-state index < -0.39 is 0 Å². The maximum absolute atomic E-state index is 4.67. The van der Waals surface area contributed by atoms with Gasteiger partial charge in [-0.05, 0) is 119 Å². The molecule has 0 bridgehead atoms. The molecule has 3 aliphatic carbocycles. The topological polar surface area (TPSA) is 3.24 Å². The van der Waals surface area contributed by atoms with E-state index in [1.807, 2.05) is 6.08 Å². The van der Waals surface area contributed by atoms with Gasteiger partial charge in [0.15, 0.2) is 0 Å². The van der Waals surface area contributed by atoms with Crippen LogP contribution >= 0.6 is 0 Å². The lowest BCUT2D eigenvalue weighted by Crippen LogP contribution is -2.17. The molecule has 0 fully saturated rings. The Hall–Kier alpha value is -6.96. The Morgan fingerprint density at radius 2 is 1.00 bits per heavy atom. The number of allylic oxidation sites excluding steroid dienone is 4. The van der Waals surface area contributed by atoms with Gasteiger partial charge in [0.1, 0.15) is 0 Å². The van der Waals surface area contributed by atoms with Crippen LogP contribution in [-0.4, -0.2) is 0 Å². The van der Waals surface area contributed by atoms with Crippen LogP contribution in [-0.2, 0) is 10.8 Å². The molecule has 59 heavy (non-hydrogen) atoms. The molecular weight excluding hydrogens is 711 g/mol. The van der Waals surface area contributed by atoms with Crippen LogP contribution in [0.3, 0.4) is 0 Å². The van der Waals surface area contributed by atoms with Gasteiger partial charge in [-0.15, -0.1) is 0 Å². The highest BCUT2D eigenvalue weighted by molar-refractivity contribution is 6.18. The van der Waals surface area contributed by atoms with Gasteiger partial charge in [0.05, 0.1) is 11.4 Å². The van der Waals surface area contributed by atoms with Gasteiger partial charge >= 0.3 is 0 Å². The quantitative estimate of drug-likeness (QED) is 0.163. The van der Waals surface area contributed by atoms with Crippen LogP contribution in [0.5, 0.6) is 0 Å². The van der Waals surface area contributed by atoms with Crippen LogP contribution in [0.1, 0.15) is 49.9 Å². The summed E-state index contributed by atoms with van der Waals surface area (Å²) >= 11 is 0. The molecule has 0 saturated carbocycles. The number of anilines is 3. The lowest BCUT2D eigenvalue weighted by atomic mass is 9.82. The monoisotopic (exact) mass is 755 g/mol. The highest BCUT2D eigenvalue weighted by atomic mass is 15.1. The van der Waals surface area contributed by atoms with Gasteiger partial charge in [0.2, 0.25) is 0 Å². The molecule has 8 aromatic rings. The molecule has 11 rings (SSSR count). The van der Waals surface area contributed by atoms with Crippen molar-refractivity contribution in [3.8, 4) is 55.6 Å². The molecule has 0 radical (unpaired) electrons. The Morgan fingerprint density at radius 1 is 0.458 bits per heavy atom. The molecule has 282 valence electrons. The Balaban J connectivity index is 1.11. The smallest absolute Gasteiger partial charge is 0.0543 e. The molecule has 0 aromatic heterocycles. The molecular formula is C58H45N. The van der Waals surface area contributed by atoms with E-state index in [4.69, 9.17) is 0 Å². The van der Waals surface area contributed by atoms with Crippen molar-refractivity contribution in [2.45, 2.75) is 38.5 Å². The van der Waals surface area contributed by atoms with E-state index in [1.54, 1.807) is 0 Å². The Morgan fingerprint density at radius 3 is 1.75 bits per heavy atom. The van der Waals surface area contributed by atoms with E-state index in [-0.39, 0.29) is 10.8 Å². The third-order valence-electron chi connectivity index (χ3n) is 13.6. The number of hydrogen-bond acceptors (Lipinski definition) is 1. The van der Waals surface area contributed by atoms with Gasteiger partial charge in [-0.2, -0.15) is 0 Å². The van der Waals surface area contributed by atoms with Crippen LogP contribution in [0.4, 0.5) is 17.1 Å². The van der Waals surface area contributed by atoms with Crippen molar-refractivity contribution < 1.29 is 0 Å². The standard InChI is InChI=1S/C58H45N/c1-7-17-41-36(2)57(3,4)50-28-15-30-52(55(41)50)59(53-31-16-29-51-56(53)48-24-10-11-27-49(48)58(51,5)6)40-21-13-19-38(35-40)37-18-12-20-39(34-37)42-32-33-47-44-23-9-8-22-43(44)46-26-14-25-45(42)54(46)47/h7-35H,1-2H2,3-6H3/b41-17+. The summed E-state index contributed by atoms with van der Waals surface area (Å²) in [6.45, 7) is 18.1. The van der Waals surface area contributed by atoms with Crippen molar-refractivity contribution in [2.24, 2.45) is 0 Å². The predicted octanol–water partition coefficient (Wildman–Crippen LogP) is 16.0. The van der Waals surface area contributed by atoms with Crippen molar-refractivity contribution in [1.82, 2.24) is 0 Å². The van der Waals surface area contributed by atoms with Crippen LogP contribution in [0.15, 0.2) is 195 Å². The zero-order valence-corrected chi connectivity index (χ0v) is 34.1. The second-order valence-electron chi connectivity index (χ2n) is 17.4. The van der Waals surface area contributed by atoms with Crippen molar-refractivity contribution in [3.63, 3.8) is 0 Å². The molecule has 0 amide bonds. The summed E-state index contributed by atoms with van der Waals surface area (Å²) < 4.78 is 0. The van der Waals surface area contributed by atoms with Crippen LogP contribution in [0, 0.1) is 0 Å². The fraction of sp³-hybridized carbons (Fsp3) is 0.103. The Labute approximate surface area is 348 Å². The van der Waals surface area contributed by atoms with Crippen LogP contribution in [0.2, 0.25) is 0 Å². The Bertz CT molecular complexity index is 3120. The molecule has 1 heteroatoms. The maximum atomic E-state index is 4.67. The summed E-state index contributed by atoms with van der Waals surface area (Å²) in [6.07, 6.45) is 4.05. The summed E-state index contributed by atoms with van der Waals surface area (Å²) in [5.41, 5.74) is 23.2. The van der Waals surface area contributed by atoms with Gasteiger partial charge < -0.3 is 4.90 Å². The fourth-order valence-electron chi connectivity index (χ4n) is 10.6. The lowest BCUT2D eigenvalue weighted by Gasteiger charge is -2.31. The minimum atomic E-state index is -0.229. The number of hydrogen-bond donors (Lipinski definition) is 0. The second-order valence-corrected chi connectivity index (χ2v) is 17.4. The third kappa shape index (κ3) is 4.98. The summed E-state index contributed by atoms with van der Waals surface area (Å²) in [5, 5.41) is 2.64. The maximum Gasteiger partial charge on any atom is 0.0543 e. The first kappa shape index (κ1) is 35.2. The van der Waals surface area contributed by atoms with E-state index in [2.05, 4.69) is 216 Å². The van der Waals surface area contributed by atoms with Crippen LogP contribution < -0.4 is 4.90 Å². The first-order chi connectivity index (χ1) is 28.7. The van der Waals surface area contributed by atoms with Crippen molar-refractivity contribution in [3.05, 3.63) is 217 Å². The largest absolute Gasteiger partial charge is 0.309 e. The molecule has 0 unspecified atom stereocenters. The van der Waals surface area contributed by atoms with Crippen molar-refractivity contribution in [1.29, 1.82) is 0 Å². The number of nitrogens with zero attached hydrogens (tertiary/aromatic N) is 1. The van der Waals surface area contributed by atoms with Gasteiger partial charge in [0.25, 0.3) is 0 Å². The SMILES string of the molecule is C=C/C=C1\C(=C)C(C)(C)c2cccc(N(c3cccc(-c4cccc(-c5ccc6c7c(cccc57)-c5ccccc5-6)c4)c3)c3cccc4c3-c3ccccc3C4(C)C)c21. The molecule has 8 aromatic carbocycles. The lowest BCUT2D eigenvalue weighted by molar-refractivity contribution is 0.660. The van der Waals surface area contributed by atoms with E-state index in [0.717, 1.165) is 22.5 Å². The fourth-order valence-corrected chi connectivity index (χ4v) is 10.6. The third-order valence-corrected chi connectivity index (χ3v) is 13.6. The van der Waals surface area contributed by atoms with Crippen molar-refractivity contribution in [2.75, 3.05) is 4.90 Å². The predicted molar refractivity (Wildman–Crippen MR) is 252 cm³/mol. The number of benzene rings is 8. The first-order valence-corrected chi connectivity index (χ1v) is 20.7. The average molecular weight is 756 g/mol. The van der Waals surface area contributed by atoms with E-state index in [0.29, 0.717) is 0 Å². The normalized spacial score (nSPS) is 15.5. The Kier molecular flexibility index (Phi) is 7.62. The molecule has 0 N–H and O–H groups in total. The average Bonchev–Trinajstić information content (AvgIpc) is 3.79. The molecule has 3 aliphatic rings. The van der Waals surface area contributed by atoms with Gasteiger partial charge in [-0.25, -0.2) is 0 Å². The summed E-state index contributed by atoms with van der Waals surface area (Å²) in [6, 6.07) is 61.0. The number of fused-ring (bicyclic) bond motifs is 7. The number of rotatable bonds is 6. The first-order valence-electron chi connectivity index (χ1n) is 20.7. The minimum Gasteiger partial charge on any atom is -0.309 e. The zero-order chi connectivity index (χ0) is 40.2. The molecule has 0 atom stereocenters. The molecule has 1 nitrogen and oxygen atoms in total. The molecule has 0 heterocycles. The molecule has 0 spiro atoms. The van der Waals surface area contributed by atoms with Crippen molar-refractivity contribution >= 4 is 33.4 Å². The second kappa shape index (κ2) is 12.8. The summed E-state index contributed by atoms with van der Waals surface area (Å²) in [5.74, 6) is 0. The van der Waals surface area contributed by atoms with Crippen LogP contribution in [0.25, 0.3) is 72.0 Å². The van der Waals surface area contributed by atoms with Gasteiger partial charge in [0, 0.05) is 27.6 Å². The minimum absolute atomic E-state index is 0.135. The molecule has 0 saturated heterocycles. The molecule has 0 aliphatic heterocycles. The van der Waals surface area contributed by atoms with E-state index in [9.17, 15) is 0 Å². The highest BCUT2D eigenvalue weighted by Crippen LogP contribution is 2.58. The van der Waals surface area contributed by atoms with E-state index in [1.165, 1.54) is 94.3 Å². The highest BCUT2D eigenvalue weighted by Gasteiger charge is 2.41. The van der Waals surface area contributed by atoms with Gasteiger partial charge in [-0.1, -0.05) is 186 Å². The summed E-state index contributed by atoms with van der Waals surface area (Å²) in [4.78, 5) is 2.51. The zero-order valence-electron chi connectivity index (χ0n) is 34.1.